The number of hydrogen-bond donors (Lipinski definition) is 1. The predicted molar refractivity (Wildman–Crippen MR) is 105 cm³/mol. The summed E-state index contributed by atoms with van der Waals surface area (Å²) in [5, 5.41) is 0. The molecular weight excluding hydrogens is 346 g/mol. The lowest BCUT2D eigenvalue weighted by Crippen LogP contribution is -2.18. The van der Waals surface area contributed by atoms with Gasteiger partial charge < -0.3 is 9.72 Å². The molecule has 0 saturated carbocycles. The number of carbonyl (C=O) groups is 2. The first kappa shape index (κ1) is 18.8. The first-order valence-corrected chi connectivity index (χ1v) is 10.4. The minimum atomic E-state index is -0.373. The lowest BCUT2D eigenvalue weighted by atomic mass is 9.81. The van der Waals surface area contributed by atoms with Crippen molar-refractivity contribution in [2.75, 3.05) is 18.6 Å². The highest BCUT2D eigenvalue weighted by molar-refractivity contribution is 7.98. The van der Waals surface area contributed by atoms with Crippen molar-refractivity contribution < 1.29 is 14.3 Å². The second kappa shape index (κ2) is 8.12. The van der Waals surface area contributed by atoms with Crippen LogP contribution in [0.3, 0.4) is 0 Å². The molecule has 138 valence electrons. The highest BCUT2D eigenvalue weighted by Gasteiger charge is 2.32. The number of benzene rings is 1. The van der Waals surface area contributed by atoms with Crippen LogP contribution in [0.1, 0.15) is 62.5 Å². The maximum absolute atomic E-state index is 12.7. The number of nitrogens with one attached hydrogen (secondary N) is 1. The zero-order valence-electron chi connectivity index (χ0n) is 15.6. The molecule has 1 aliphatic rings. The van der Waals surface area contributed by atoms with E-state index in [9.17, 15) is 9.59 Å². The van der Waals surface area contributed by atoms with Gasteiger partial charge in [-0.05, 0) is 48.6 Å². The Balaban J connectivity index is 1.82. The Morgan fingerprint density at radius 3 is 2.65 bits per heavy atom. The molecule has 26 heavy (non-hydrogen) atoms. The predicted octanol–water partition coefficient (Wildman–Crippen LogP) is 4.32. The first-order chi connectivity index (χ1) is 12.5. The van der Waals surface area contributed by atoms with Crippen LogP contribution in [0, 0.1) is 6.92 Å². The summed E-state index contributed by atoms with van der Waals surface area (Å²) >= 11 is 1.63. The van der Waals surface area contributed by atoms with Crippen LogP contribution < -0.4 is 0 Å². The Morgan fingerprint density at radius 2 is 2.00 bits per heavy atom. The Labute approximate surface area is 158 Å². The maximum Gasteiger partial charge on any atom is 0.355 e. The number of fused-ring (bicyclic) bond motifs is 1. The third kappa shape index (κ3) is 3.73. The number of H-pyrrole nitrogens is 1. The standard InChI is InChI=1S/C21H25NO3S/c1-4-14-5-7-15(8-6-14)16-11-17-19(18(23)12-16)13(2)20(22-17)21(24)25-9-10-26-3/h5-8,16,22H,4,9-12H2,1-3H3/t16-/m1/s1. The zero-order chi connectivity index (χ0) is 18.7. The molecule has 0 unspecified atom stereocenters. The third-order valence-corrected chi connectivity index (χ3v) is 5.65. The molecule has 5 heteroatoms. The second-order valence-electron chi connectivity index (χ2n) is 6.73. The number of carbonyl (C=O) groups excluding carboxylic acids is 2. The summed E-state index contributed by atoms with van der Waals surface area (Å²) in [4.78, 5) is 28.2. The van der Waals surface area contributed by atoms with Gasteiger partial charge in [0.15, 0.2) is 5.78 Å². The van der Waals surface area contributed by atoms with Crippen LogP contribution in [0.2, 0.25) is 0 Å². The van der Waals surface area contributed by atoms with Gasteiger partial charge in [0, 0.05) is 23.4 Å². The van der Waals surface area contributed by atoms with Crippen molar-refractivity contribution in [1.29, 1.82) is 0 Å². The highest BCUT2D eigenvalue weighted by Crippen LogP contribution is 2.35. The Bertz CT molecular complexity index is 807. The van der Waals surface area contributed by atoms with E-state index in [1.165, 1.54) is 11.1 Å². The third-order valence-electron chi connectivity index (χ3n) is 5.07. The van der Waals surface area contributed by atoms with Gasteiger partial charge in [-0.3, -0.25) is 4.79 Å². The number of aromatic nitrogens is 1. The van der Waals surface area contributed by atoms with E-state index in [0.29, 0.717) is 24.3 Å². The molecule has 1 aromatic heterocycles. The van der Waals surface area contributed by atoms with Crippen molar-refractivity contribution >= 4 is 23.5 Å². The molecule has 0 saturated heterocycles. The van der Waals surface area contributed by atoms with Crippen molar-refractivity contribution in [1.82, 2.24) is 4.98 Å². The SMILES string of the molecule is CCc1ccc([C@H]2CC(=O)c3c([nH]c(C(=O)OCCSC)c3C)C2)cc1. The molecule has 1 N–H and O–H groups in total. The molecule has 0 amide bonds. The van der Waals surface area contributed by atoms with Crippen LogP contribution in [0.5, 0.6) is 0 Å². The van der Waals surface area contributed by atoms with Crippen LogP contribution in [-0.2, 0) is 17.6 Å². The van der Waals surface area contributed by atoms with Gasteiger partial charge in [-0.25, -0.2) is 4.79 Å². The summed E-state index contributed by atoms with van der Waals surface area (Å²) in [6, 6.07) is 8.50. The molecule has 1 aromatic carbocycles. The lowest BCUT2D eigenvalue weighted by molar-refractivity contribution is 0.0523. The molecule has 0 spiro atoms. The minimum Gasteiger partial charge on any atom is -0.460 e. The van der Waals surface area contributed by atoms with E-state index in [2.05, 4.69) is 36.2 Å². The van der Waals surface area contributed by atoms with Gasteiger partial charge in [0.2, 0.25) is 0 Å². The number of Topliss-reactive ketones (excluding diaryl/α,β-unsaturated/α-hetero) is 1. The topological polar surface area (TPSA) is 59.2 Å². The number of esters is 1. The van der Waals surface area contributed by atoms with Gasteiger partial charge >= 0.3 is 5.97 Å². The smallest absolute Gasteiger partial charge is 0.355 e. The van der Waals surface area contributed by atoms with Crippen LogP contribution >= 0.6 is 11.8 Å². The van der Waals surface area contributed by atoms with E-state index in [4.69, 9.17) is 4.74 Å². The molecule has 0 aliphatic heterocycles. The summed E-state index contributed by atoms with van der Waals surface area (Å²) in [6.45, 7) is 4.34. The molecule has 4 nitrogen and oxygen atoms in total. The summed E-state index contributed by atoms with van der Waals surface area (Å²) in [5.41, 5.74) is 5.16. The zero-order valence-corrected chi connectivity index (χ0v) is 16.4. The number of hydrogen-bond acceptors (Lipinski definition) is 4. The average molecular weight is 372 g/mol. The van der Waals surface area contributed by atoms with Crippen molar-refractivity contribution in [2.45, 2.75) is 39.0 Å². The molecule has 3 rings (SSSR count). The Morgan fingerprint density at radius 1 is 1.27 bits per heavy atom. The Hall–Kier alpha value is -2.01. The summed E-state index contributed by atoms with van der Waals surface area (Å²) in [7, 11) is 0. The largest absolute Gasteiger partial charge is 0.460 e. The number of ketones is 1. The molecule has 1 atom stereocenters. The van der Waals surface area contributed by atoms with E-state index in [-0.39, 0.29) is 17.7 Å². The summed E-state index contributed by atoms with van der Waals surface area (Å²) in [6.07, 6.45) is 4.20. The van der Waals surface area contributed by atoms with Gasteiger partial charge in [0.25, 0.3) is 0 Å². The average Bonchev–Trinajstić information content (AvgIpc) is 2.99. The second-order valence-corrected chi connectivity index (χ2v) is 7.72. The van der Waals surface area contributed by atoms with Crippen LogP contribution in [0.15, 0.2) is 24.3 Å². The molecular formula is C21H25NO3S. The Kier molecular flexibility index (Phi) is 5.87. The van der Waals surface area contributed by atoms with Gasteiger partial charge in [0.05, 0.1) is 0 Å². The van der Waals surface area contributed by atoms with Gasteiger partial charge in [-0.1, -0.05) is 31.2 Å². The molecule has 1 aliphatic carbocycles. The lowest BCUT2D eigenvalue weighted by Gasteiger charge is -2.22. The summed E-state index contributed by atoms with van der Waals surface area (Å²) < 4.78 is 5.30. The van der Waals surface area contributed by atoms with Crippen molar-refractivity contribution in [2.24, 2.45) is 0 Å². The van der Waals surface area contributed by atoms with Crippen molar-refractivity contribution in [3.05, 3.63) is 57.9 Å². The van der Waals surface area contributed by atoms with Crippen molar-refractivity contribution in [3.8, 4) is 0 Å². The summed E-state index contributed by atoms with van der Waals surface area (Å²) in [5.74, 6) is 0.648. The van der Waals surface area contributed by atoms with E-state index in [1.54, 1.807) is 11.8 Å². The van der Waals surface area contributed by atoms with Crippen LogP contribution in [-0.4, -0.2) is 35.4 Å². The normalized spacial score (nSPS) is 16.4. The minimum absolute atomic E-state index is 0.104. The van der Waals surface area contributed by atoms with Crippen LogP contribution in [0.4, 0.5) is 0 Å². The van der Waals surface area contributed by atoms with E-state index in [0.717, 1.165) is 29.9 Å². The first-order valence-electron chi connectivity index (χ1n) is 9.04. The molecule has 2 aromatic rings. The number of aryl methyl sites for hydroxylation is 1. The fourth-order valence-corrected chi connectivity index (χ4v) is 3.84. The number of rotatable bonds is 6. The molecule has 0 fully saturated rings. The maximum atomic E-state index is 12.7. The number of aromatic amines is 1. The van der Waals surface area contributed by atoms with Gasteiger partial charge in [-0.2, -0.15) is 11.8 Å². The number of thioether (sulfide) groups is 1. The molecule has 0 bridgehead atoms. The van der Waals surface area contributed by atoms with Crippen LogP contribution in [0.25, 0.3) is 0 Å². The number of ether oxygens (including phenoxy) is 1. The highest BCUT2D eigenvalue weighted by atomic mass is 32.2. The monoisotopic (exact) mass is 371 g/mol. The van der Waals surface area contributed by atoms with Crippen molar-refractivity contribution in [3.63, 3.8) is 0 Å². The fraction of sp³-hybridized carbons (Fsp3) is 0.429. The van der Waals surface area contributed by atoms with Gasteiger partial charge in [-0.15, -0.1) is 0 Å². The van der Waals surface area contributed by atoms with E-state index >= 15 is 0 Å². The van der Waals surface area contributed by atoms with Gasteiger partial charge in [0.1, 0.15) is 12.3 Å². The quantitative estimate of drug-likeness (QED) is 0.607. The molecule has 1 heterocycles. The van der Waals surface area contributed by atoms with E-state index in [1.807, 2.05) is 13.2 Å². The fourth-order valence-electron chi connectivity index (χ4n) is 3.59. The molecule has 0 radical (unpaired) electrons. The van der Waals surface area contributed by atoms with E-state index < -0.39 is 0 Å².